The summed E-state index contributed by atoms with van der Waals surface area (Å²) >= 11 is 12.1. The van der Waals surface area contributed by atoms with E-state index in [1.54, 1.807) is 18.2 Å². The first-order valence-corrected chi connectivity index (χ1v) is 7.49. The van der Waals surface area contributed by atoms with Gasteiger partial charge in [-0.3, -0.25) is 4.79 Å². The number of carbonyl (C=O) groups excluding carboxylic acids is 1. The molecule has 0 unspecified atom stereocenters. The smallest absolute Gasteiger partial charge is 0.257 e. The summed E-state index contributed by atoms with van der Waals surface area (Å²) in [4.78, 5) is 12.4. The lowest BCUT2D eigenvalue weighted by atomic mass is 9.99. The minimum atomic E-state index is -0.241. The van der Waals surface area contributed by atoms with Gasteiger partial charge in [0.25, 0.3) is 5.91 Å². The standard InChI is InChI=1S/C16H14Cl2N2O/c17-13-5-2-4-12(15(13)18)16(21)20-14-6-1-3-10-9-19-8-7-11(10)14/h1-6,19H,7-9H2,(H,20,21). The molecule has 3 nitrogen and oxygen atoms in total. The first kappa shape index (κ1) is 14.4. The van der Waals surface area contributed by atoms with Gasteiger partial charge < -0.3 is 10.6 Å². The molecule has 0 atom stereocenters. The normalized spacial score (nSPS) is 13.6. The molecule has 2 aromatic rings. The van der Waals surface area contributed by atoms with E-state index in [1.807, 2.05) is 12.1 Å². The lowest BCUT2D eigenvalue weighted by molar-refractivity contribution is 0.102. The molecule has 1 heterocycles. The van der Waals surface area contributed by atoms with Crippen LogP contribution in [0.3, 0.4) is 0 Å². The molecule has 108 valence electrons. The lowest BCUT2D eigenvalue weighted by Crippen LogP contribution is -2.25. The Hall–Kier alpha value is -1.55. The number of nitrogens with one attached hydrogen (secondary N) is 2. The Bertz CT molecular complexity index is 701. The third kappa shape index (κ3) is 2.91. The first-order chi connectivity index (χ1) is 10.2. The monoisotopic (exact) mass is 320 g/mol. The number of amides is 1. The van der Waals surface area contributed by atoms with E-state index in [-0.39, 0.29) is 10.9 Å². The van der Waals surface area contributed by atoms with Gasteiger partial charge in [0, 0.05) is 12.2 Å². The van der Waals surface area contributed by atoms with Crippen molar-refractivity contribution in [3.8, 4) is 0 Å². The Labute approximate surface area is 133 Å². The number of fused-ring (bicyclic) bond motifs is 1. The van der Waals surface area contributed by atoms with Crippen molar-refractivity contribution >= 4 is 34.8 Å². The minimum Gasteiger partial charge on any atom is -0.322 e. The molecule has 0 spiro atoms. The molecule has 2 aromatic carbocycles. The van der Waals surface area contributed by atoms with Gasteiger partial charge in [-0.05, 0) is 42.3 Å². The molecule has 0 radical (unpaired) electrons. The Morgan fingerprint density at radius 3 is 2.81 bits per heavy atom. The summed E-state index contributed by atoms with van der Waals surface area (Å²) in [5.41, 5.74) is 3.63. The lowest BCUT2D eigenvalue weighted by Gasteiger charge is -2.20. The van der Waals surface area contributed by atoms with Gasteiger partial charge in [-0.1, -0.05) is 41.4 Å². The number of benzene rings is 2. The fraction of sp³-hybridized carbons (Fsp3) is 0.188. The van der Waals surface area contributed by atoms with Gasteiger partial charge in [0.1, 0.15) is 0 Å². The predicted molar refractivity (Wildman–Crippen MR) is 86.3 cm³/mol. The van der Waals surface area contributed by atoms with Crippen LogP contribution >= 0.6 is 23.2 Å². The van der Waals surface area contributed by atoms with Crippen LogP contribution in [0.5, 0.6) is 0 Å². The first-order valence-electron chi connectivity index (χ1n) is 6.73. The highest BCUT2D eigenvalue weighted by Gasteiger charge is 2.17. The van der Waals surface area contributed by atoms with E-state index in [2.05, 4.69) is 16.7 Å². The van der Waals surface area contributed by atoms with Crippen molar-refractivity contribution in [2.24, 2.45) is 0 Å². The fourth-order valence-electron chi connectivity index (χ4n) is 2.52. The molecule has 3 rings (SSSR count). The van der Waals surface area contributed by atoms with Crippen LogP contribution in [0.4, 0.5) is 5.69 Å². The SMILES string of the molecule is O=C(Nc1cccc2c1CCNC2)c1cccc(Cl)c1Cl. The molecular formula is C16H14Cl2N2O. The topological polar surface area (TPSA) is 41.1 Å². The van der Waals surface area contributed by atoms with Gasteiger partial charge in [-0.15, -0.1) is 0 Å². The molecule has 1 aliphatic rings. The summed E-state index contributed by atoms with van der Waals surface area (Å²) in [6.07, 6.45) is 0.898. The highest BCUT2D eigenvalue weighted by Crippen LogP contribution is 2.28. The summed E-state index contributed by atoms with van der Waals surface area (Å²) in [5, 5.41) is 6.92. The van der Waals surface area contributed by atoms with Gasteiger partial charge in [0.2, 0.25) is 0 Å². The van der Waals surface area contributed by atoms with Gasteiger partial charge in [-0.25, -0.2) is 0 Å². The van der Waals surface area contributed by atoms with Crippen molar-refractivity contribution in [2.75, 3.05) is 11.9 Å². The Kier molecular flexibility index (Phi) is 4.15. The van der Waals surface area contributed by atoms with E-state index in [4.69, 9.17) is 23.2 Å². The molecule has 0 saturated heterocycles. The maximum atomic E-state index is 12.4. The second kappa shape index (κ2) is 6.06. The molecule has 1 amide bonds. The molecule has 0 aromatic heterocycles. The van der Waals surface area contributed by atoms with Crippen molar-refractivity contribution < 1.29 is 4.79 Å². The van der Waals surface area contributed by atoms with Crippen LogP contribution in [0.2, 0.25) is 10.0 Å². The number of carbonyl (C=O) groups is 1. The van der Waals surface area contributed by atoms with Gasteiger partial charge in [0.05, 0.1) is 15.6 Å². The largest absolute Gasteiger partial charge is 0.322 e. The summed E-state index contributed by atoms with van der Waals surface area (Å²) in [7, 11) is 0. The van der Waals surface area contributed by atoms with Crippen LogP contribution in [0.25, 0.3) is 0 Å². The highest BCUT2D eigenvalue weighted by molar-refractivity contribution is 6.44. The van der Waals surface area contributed by atoms with Crippen molar-refractivity contribution in [3.05, 3.63) is 63.1 Å². The highest BCUT2D eigenvalue weighted by atomic mass is 35.5. The maximum Gasteiger partial charge on any atom is 0.257 e. The van der Waals surface area contributed by atoms with Crippen LogP contribution in [0, 0.1) is 0 Å². The maximum absolute atomic E-state index is 12.4. The molecule has 5 heteroatoms. The second-order valence-corrected chi connectivity index (χ2v) is 5.71. The summed E-state index contributed by atoms with van der Waals surface area (Å²) in [5.74, 6) is -0.241. The number of halogens is 2. The predicted octanol–water partition coefficient (Wildman–Crippen LogP) is 3.89. The van der Waals surface area contributed by atoms with E-state index < -0.39 is 0 Å². The summed E-state index contributed by atoms with van der Waals surface area (Å²) < 4.78 is 0. The average Bonchev–Trinajstić information content (AvgIpc) is 2.50. The van der Waals surface area contributed by atoms with Crippen molar-refractivity contribution in [1.82, 2.24) is 5.32 Å². The number of hydrogen-bond donors (Lipinski definition) is 2. The molecule has 2 N–H and O–H groups in total. The van der Waals surface area contributed by atoms with Gasteiger partial charge >= 0.3 is 0 Å². The molecule has 0 fully saturated rings. The molecule has 0 saturated carbocycles. The zero-order valence-corrected chi connectivity index (χ0v) is 12.8. The van der Waals surface area contributed by atoms with E-state index in [9.17, 15) is 4.79 Å². The Balaban J connectivity index is 1.90. The molecule has 21 heavy (non-hydrogen) atoms. The van der Waals surface area contributed by atoms with Crippen LogP contribution in [0.1, 0.15) is 21.5 Å². The van der Waals surface area contributed by atoms with E-state index in [1.165, 1.54) is 11.1 Å². The number of hydrogen-bond acceptors (Lipinski definition) is 2. The summed E-state index contributed by atoms with van der Waals surface area (Å²) in [6, 6.07) is 11.0. The van der Waals surface area contributed by atoms with E-state index in [0.717, 1.165) is 25.2 Å². The fourth-order valence-corrected chi connectivity index (χ4v) is 2.90. The number of rotatable bonds is 2. The molecule has 0 bridgehead atoms. The Morgan fingerprint density at radius 2 is 1.95 bits per heavy atom. The van der Waals surface area contributed by atoms with Crippen LogP contribution in [-0.4, -0.2) is 12.5 Å². The van der Waals surface area contributed by atoms with Crippen molar-refractivity contribution in [3.63, 3.8) is 0 Å². The van der Waals surface area contributed by atoms with E-state index >= 15 is 0 Å². The zero-order valence-electron chi connectivity index (χ0n) is 11.2. The molecular weight excluding hydrogens is 307 g/mol. The number of anilines is 1. The summed E-state index contributed by atoms with van der Waals surface area (Å²) in [6.45, 7) is 1.74. The van der Waals surface area contributed by atoms with Crippen LogP contribution in [-0.2, 0) is 13.0 Å². The van der Waals surface area contributed by atoms with E-state index in [0.29, 0.717) is 10.6 Å². The molecule has 0 aliphatic carbocycles. The zero-order chi connectivity index (χ0) is 14.8. The third-order valence-electron chi connectivity index (χ3n) is 3.58. The Morgan fingerprint density at radius 1 is 1.14 bits per heavy atom. The van der Waals surface area contributed by atoms with Gasteiger partial charge in [-0.2, -0.15) is 0 Å². The van der Waals surface area contributed by atoms with Crippen LogP contribution in [0.15, 0.2) is 36.4 Å². The van der Waals surface area contributed by atoms with Crippen LogP contribution < -0.4 is 10.6 Å². The van der Waals surface area contributed by atoms with Crippen molar-refractivity contribution in [2.45, 2.75) is 13.0 Å². The second-order valence-electron chi connectivity index (χ2n) is 4.93. The third-order valence-corrected chi connectivity index (χ3v) is 4.40. The van der Waals surface area contributed by atoms with Crippen molar-refractivity contribution in [1.29, 1.82) is 0 Å². The minimum absolute atomic E-state index is 0.241. The van der Waals surface area contributed by atoms with Gasteiger partial charge in [0.15, 0.2) is 0 Å². The quantitative estimate of drug-likeness (QED) is 0.881. The molecule has 1 aliphatic heterocycles. The average molecular weight is 321 g/mol.